The van der Waals surface area contributed by atoms with Gasteiger partial charge in [-0.1, -0.05) is 0 Å². The summed E-state index contributed by atoms with van der Waals surface area (Å²) in [5.41, 5.74) is 1.29. The van der Waals surface area contributed by atoms with E-state index in [0.29, 0.717) is 0 Å². The molecule has 0 saturated heterocycles. The molecule has 0 unspecified atom stereocenters. The average molecular weight is 263 g/mol. The van der Waals surface area contributed by atoms with Gasteiger partial charge in [-0.25, -0.2) is 4.98 Å². The van der Waals surface area contributed by atoms with Crippen molar-refractivity contribution in [2.24, 2.45) is 0 Å². The maximum atomic E-state index is 4.43. The minimum Gasteiger partial charge on any atom is -0.341 e. The molecule has 0 atom stereocenters. The van der Waals surface area contributed by atoms with Gasteiger partial charge in [0.2, 0.25) is 0 Å². The highest BCUT2D eigenvalue weighted by Crippen LogP contribution is 2.25. The van der Waals surface area contributed by atoms with Crippen molar-refractivity contribution >= 4 is 11.3 Å². The lowest BCUT2D eigenvalue weighted by Gasteiger charge is -2.19. The van der Waals surface area contributed by atoms with Crippen molar-refractivity contribution in [2.75, 3.05) is 6.54 Å². The van der Waals surface area contributed by atoms with E-state index in [1.54, 1.807) is 11.3 Å². The number of nitrogens with one attached hydrogen (secondary N) is 2. The Bertz CT molecular complexity index is 505. The third kappa shape index (κ3) is 3.68. The molecule has 0 saturated carbocycles. The molecule has 3 nitrogen and oxygen atoms in total. The van der Waals surface area contributed by atoms with Crippen LogP contribution < -0.4 is 5.32 Å². The lowest BCUT2D eigenvalue weighted by atomic mass is 10.1. The minimum atomic E-state index is 0.167. The van der Waals surface area contributed by atoms with Crippen LogP contribution in [0.2, 0.25) is 0 Å². The van der Waals surface area contributed by atoms with Crippen LogP contribution in [0.15, 0.2) is 18.3 Å². The Kier molecular flexibility index (Phi) is 3.88. The van der Waals surface area contributed by atoms with E-state index < -0.39 is 0 Å². The highest BCUT2D eigenvalue weighted by Gasteiger charge is 2.09. The van der Waals surface area contributed by atoms with Crippen molar-refractivity contribution in [1.29, 1.82) is 0 Å². The third-order valence-electron chi connectivity index (χ3n) is 2.65. The van der Waals surface area contributed by atoms with Crippen molar-refractivity contribution in [3.8, 4) is 10.6 Å². The van der Waals surface area contributed by atoms with Gasteiger partial charge in [0.05, 0.1) is 16.8 Å². The molecule has 0 spiro atoms. The number of nitrogens with zero attached hydrogens (tertiary/aromatic N) is 1. The fourth-order valence-electron chi connectivity index (χ4n) is 1.75. The SMILES string of the molecule is Cc1ccc(-c2cnc(CCNC(C)(C)C)[nH]2)s1. The van der Waals surface area contributed by atoms with Gasteiger partial charge in [0.1, 0.15) is 5.82 Å². The summed E-state index contributed by atoms with van der Waals surface area (Å²) in [5, 5.41) is 3.47. The molecule has 0 radical (unpaired) electrons. The minimum absolute atomic E-state index is 0.167. The zero-order chi connectivity index (χ0) is 13.2. The molecule has 2 N–H and O–H groups in total. The Labute approximate surface area is 113 Å². The fourth-order valence-corrected chi connectivity index (χ4v) is 2.58. The van der Waals surface area contributed by atoms with E-state index in [9.17, 15) is 0 Å². The maximum Gasteiger partial charge on any atom is 0.107 e. The van der Waals surface area contributed by atoms with Crippen LogP contribution in [0, 0.1) is 6.92 Å². The molecule has 18 heavy (non-hydrogen) atoms. The van der Waals surface area contributed by atoms with Crippen LogP contribution in [0.4, 0.5) is 0 Å². The van der Waals surface area contributed by atoms with Gasteiger partial charge in [0.25, 0.3) is 0 Å². The fraction of sp³-hybridized carbons (Fsp3) is 0.500. The van der Waals surface area contributed by atoms with Gasteiger partial charge >= 0.3 is 0 Å². The van der Waals surface area contributed by atoms with Crippen LogP contribution >= 0.6 is 11.3 Å². The van der Waals surface area contributed by atoms with E-state index in [2.05, 4.69) is 55.1 Å². The van der Waals surface area contributed by atoms with E-state index in [-0.39, 0.29) is 5.54 Å². The van der Waals surface area contributed by atoms with Gasteiger partial charge in [-0.2, -0.15) is 0 Å². The van der Waals surface area contributed by atoms with Crippen molar-refractivity contribution in [1.82, 2.24) is 15.3 Å². The molecule has 0 aliphatic carbocycles. The van der Waals surface area contributed by atoms with Gasteiger partial charge in [-0.05, 0) is 39.8 Å². The molecule has 2 aromatic rings. The van der Waals surface area contributed by atoms with E-state index in [1.165, 1.54) is 9.75 Å². The monoisotopic (exact) mass is 263 g/mol. The van der Waals surface area contributed by atoms with Crippen molar-refractivity contribution in [2.45, 2.75) is 39.7 Å². The summed E-state index contributed by atoms with van der Waals surface area (Å²) in [6.45, 7) is 9.59. The first-order chi connectivity index (χ1) is 8.44. The van der Waals surface area contributed by atoms with Crippen molar-refractivity contribution < 1.29 is 0 Å². The zero-order valence-corrected chi connectivity index (χ0v) is 12.3. The number of imidazole rings is 1. The Morgan fingerprint density at radius 2 is 2.11 bits per heavy atom. The largest absolute Gasteiger partial charge is 0.341 e. The molecular formula is C14H21N3S. The summed E-state index contributed by atoms with van der Waals surface area (Å²) < 4.78 is 0. The van der Waals surface area contributed by atoms with Gasteiger partial charge in [0, 0.05) is 23.4 Å². The first-order valence-electron chi connectivity index (χ1n) is 6.30. The lowest BCUT2D eigenvalue weighted by molar-refractivity contribution is 0.427. The first kappa shape index (κ1) is 13.3. The van der Waals surface area contributed by atoms with Gasteiger partial charge in [-0.15, -0.1) is 11.3 Å². The van der Waals surface area contributed by atoms with Gasteiger partial charge < -0.3 is 10.3 Å². The summed E-state index contributed by atoms with van der Waals surface area (Å²) in [4.78, 5) is 10.4. The molecule has 2 heterocycles. The van der Waals surface area contributed by atoms with Crippen LogP contribution in [0.1, 0.15) is 31.5 Å². The van der Waals surface area contributed by atoms with Crippen LogP contribution in [-0.4, -0.2) is 22.1 Å². The molecule has 2 aromatic heterocycles. The Morgan fingerprint density at radius 1 is 1.33 bits per heavy atom. The number of aromatic nitrogens is 2. The molecule has 0 aromatic carbocycles. The van der Waals surface area contributed by atoms with Crippen LogP contribution in [0.5, 0.6) is 0 Å². The number of aromatic amines is 1. The maximum absolute atomic E-state index is 4.43. The highest BCUT2D eigenvalue weighted by atomic mass is 32.1. The molecule has 98 valence electrons. The Balaban J connectivity index is 1.94. The molecule has 2 rings (SSSR count). The highest BCUT2D eigenvalue weighted by molar-refractivity contribution is 7.15. The number of rotatable bonds is 4. The molecule has 0 aliphatic rings. The summed E-state index contributed by atoms with van der Waals surface area (Å²) in [6, 6.07) is 4.28. The predicted octanol–water partition coefficient (Wildman–Crippen LogP) is 3.38. The lowest BCUT2D eigenvalue weighted by Crippen LogP contribution is -2.37. The van der Waals surface area contributed by atoms with Crippen LogP contribution in [0.3, 0.4) is 0 Å². The third-order valence-corrected chi connectivity index (χ3v) is 3.69. The molecule has 4 heteroatoms. The molecule has 0 amide bonds. The van der Waals surface area contributed by atoms with Gasteiger partial charge in [-0.3, -0.25) is 0 Å². The van der Waals surface area contributed by atoms with E-state index >= 15 is 0 Å². The first-order valence-corrected chi connectivity index (χ1v) is 7.11. The second-order valence-corrected chi connectivity index (χ2v) is 6.87. The molecular weight excluding hydrogens is 242 g/mol. The summed E-state index contributed by atoms with van der Waals surface area (Å²) in [5.74, 6) is 1.05. The van der Waals surface area contributed by atoms with Crippen LogP contribution in [-0.2, 0) is 6.42 Å². The second kappa shape index (κ2) is 5.24. The zero-order valence-electron chi connectivity index (χ0n) is 11.5. The molecule has 0 fully saturated rings. The molecule has 0 aliphatic heterocycles. The average Bonchev–Trinajstić information content (AvgIpc) is 2.85. The van der Waals surface area contributed by atoms with E-state index in [0.717, 1.165) is 24.5 Å². The van der Waals surface area contributed by atoms with Gasteiger partial charge in [0.15, 0.2) is 0 Å². The summed E-state index contributed by atoms with van der Waals surface area (Å²) in [7, 11) is 0. The normalized spacial score (nSPS) is 12.0. The number of thiophene rings is 1. The summed E-state index contributed by atoms with van der Waals surface area (Å²) >= 11 is 1.80. The smallest absolute Gasteiger partial charge is 0.107 e. The standard InChI is InChI=1S/C14H21N3S/c1-10-5-6-12(18-10)11-9-15-13(17-11)7-8-16-14(2,3)4/h5-6,9,16H,7-8H2,1-4H3,(H,15,17). The quantitative estimate of drug-likeness (QED) is 0.888. The number of aryl methyl sites for hydroxylation is 1. The van der Waals surface area contributed by atoms with Crippen molar-refractivity contribution in [3.63, 3.8) is 0 Å². The number of hydrogen-bond donors (Lipinski definition) is 2. The Morgan fingerprint density at radius 3 is 2.72 bits per heavy atom. The van der Waals surface area contributed by atoms with Crippen LogP contribution in [0.25, 0.3) is 10.6 Å². The second-order valence-electron chi connectivity index (χ2n) is 5.58. The molecule has 0 bridgehead atoms. The topological polar surface area (TPSA) is 40.7 Å². The number of H-pyrrole nitrogens is 1. The summed E-state index contributed by atoms with van der Waals surface area (Å²) in [6.07, 6.45) is 2.86. The predicted molar refractivity (Wildman–Crippen MR) is 78.1 cm³/mol. The van der Waals surface area contributed by atoms with Crippen molar-refractivity contribution in [3.05, 3.63) is 29.0 Å². The number of hydrogen-bond acceptors (Lipinski definition) is 3. The van der Waals surface area contributed by atoms with E-state index in [4.69, 9.17) is 0 Å². The van der Waals surface area contributed by atoms with E-state index in [1.807, 2.05) is 6.20 Å². The Hall–Kier alpha value is -1.13.